The van der Waals surface area contributed by atoms with E-state index in [9.17, 15) is 9.59 Å². The largest absolute Gasteiger partial charge is 0.464 e. The number of carbonyl (C=O) groups is 1. The summed E-state index contributed by atoms with van der Waals surface area (Å²) in [5, 5.41) is 0.0274. The van der Waals surface area contributed by atoms with Crippen molar-refractivity contribution in [2.45, 2.75) is 44.7 Å². The zero-order chi connectivity index (χ0) is 16.8. The second-order valence-electron chi connectivity index (χ2n) is 6.85. The van der Waals surface area contributed by atoms with E-state index < -0.39 is 0 Å². The first kappa shape index (κ1) is 15.5. The molecule has 2 saturated carbocycles. The number of nitrogens with zero attached hydrogens (tertiary/aromatic N) is 1. The SMILES string of the molecule is C[C@@H]1C[C@H]1c1ccc(CN(C(=O)c2c[nH]c(=O)c(Cl)c2)C2CC2)o1. The van der Waals surface area contributed by atoms with E-state index >= 15 is 0 Å². The second-order valence-corrected chi connectivity index (χ2v) is 7.26. The summed E-state index contributed by atoms with van der Waals surface area (Å²) in [5.74, 6) is 2.91. The molecular formula is C18H19ClN2O3. The van der Waals surface area contributed by atoms with Crippen LogP contribution in [-0.4, -0.2) is 21.8 Å². The van der Waals surface area contributed by atoms with E-state index in [0.717, 1.165) is 24.4 Å². The fourth-order valence-electron chi connectivity index (χ4n) is 3.06. The van der Waals surface area contributed by atoms with Gasteiger partial charge < -0.3 is 14.3 Å². The van der Waals surface area contributed by atoms with Crippen LogP contribution in [0, 0.1) is 5.92 Å². The van der Waals surface area contributed by atoms with Crippen molar-refractivity contribution >= 4 is 17.5 Å². The van der Waals surface area contributed by atoms with Crippen LogP contribution < -0.4 is 5.56 Å². The van der Waals surface area contributed by atoms with Crippen molar-refractivity contribution in [1.82, 2.24) is 9.88 Å². The van der Waals surface area contributed by atoms with Crippen LogP contribution in [0.4, 0.5) is 0 Å². The molecule has 2 heterocycles. The maximum atomic E-state index is 12.8. The van der Waals surface area contributed by atoms with E-state index in [1.165, 1.54) is 18.7 Å². The van der Waals surface area contributed by atoms with Crippen molar-refractivity contribution in [3.05, 3.63) is 56.9 Å². The molecule has 5 nitrogen and oxygen atoms in total. The van der Waals surface area contributed by atoms with E-state index in [1.54, 1.807) is 0 Å². The lowest BCUT2D eigenvalue weighted by Crippen LogP contribution is -2.33. The molecule has 6 heteroatoms. The molecule has 0 spiro atoms. The molecule has 2 aromatic rings. The van der Waals surface area contributed by atoms with Gasteiger partial charge in [-0.25, -0.2) is 0 Å². The summed E-state index contributed by atoms with van der Waals surface area (Å²) in [6.45, 7) is 2.66. The topological polar surface area (TPSA) is 66.3 Å². The normalized spacial score (nSPS) is 22.4. The summed E-state index contributed by atoms with van der Waals surface area (Å²) in [6, 6.07) is 5.65. The van der Waals surface area contributed by atoms with Crippen LogP contribution in [0.25, 0.3) is 0 Å². The Morgan fingerprint density at radius 1 is 1.42 bits per heavy atom. The van der Waals surface area contributed by atoms with Gasteiger partial charge in [-0.3, -0.25) is 9.59 Å². The standard InChI is InChI=1S/C18H19ClN2O3/c1-10-6-14(10)16-5-4-13(24-16)9-21(12-2-3-12)18(23)11-7-15(19)17(22)20-8-11/h4-5,7-8,10,12,14H,2-3,6,9H2,1H3,(H,20,22)/t10-,14-/m1/s1. The van der Waals surface area contributed by atoms with Gasteiger partial charge in [0.25, 0.3) is 11.5 Å². The van der Waals surface area contributed by atoms with Crippen LogP contribution in [0.15, 0.2) is 33.6 Å². The van der Waals surface area contributed by atoms with E-state index in [4.69, 9.17) is 16.0 Å². The first-order valence-electron chi connectivity index (χ1n) is 8.30. The van der Waals surface area contributed by atoms with Crippen LogP contribution in [0.5, 0.6) is 0 Å². The number of rotatable bonds is 5. The molecule has 0 aromatic carbocycles. The van der Waals surface area contributed by atoms with Gasteiger partial charge in [-0.2, -0.15) is 0 Å². The van der Waals surface area contributed by atoms with Crippen LogP contribution >= 0.6 is 11.6 Å². The molecule has 4 rings (SSSR count). The van der Waals surface area contributed by atoms with Gasteiger partial charge in [0.15, 0.2) is 0 Å². The number of carbonyl (C=O) groups excluding carboxylic acids is 1. The van der Waals surface area contributed by atoms with Crippen molar-refractivity contribution in [2.75, 3.05) is 0 Å². The Morgan fingerprint density at radius 2 is 2.17 bits per heavy atom. The number of halogens is 1. The van der Waals surface area contributed by atoms with Gasteiger partial charge in [0.2, 0.25) is 0 Å². The molecule has 2 atom stereocenters. The number of nitrogens with one attached hydrogen (secondary N) is 1. The number of aromatic nitrogens is 1. The van der Waals surface area contributed by atoms with Gasteiger partial charge in [-0.15, -0.1) is 0 Å². The predicted octanol–water partition coefficient (Wildman–Crippen LogP) is 3.55. The average Bonchev–Trinajstić information content (AvgIpc) is 3.48. The molecule has 2 aliphatic carbocycles. The number of hydrogen-bond donors (Lipinski definition) is 1. The molecule has 2 fully saturated rings. The number of pyridine rings is 1. The Bertz CT molecular complexity index is 837. The maximum Gasteiger partial charge on any atom is 0.266 e. The monoisotopic (exact) mass is 346 g/mol. The summed E-state index contributed by atoms with van der Waals surface area (Å²) < 4.78 is 5.94. The first-order chi connectivity index (χ1) is 11.5. The highest BCUT2D eigenvalue weighted by atomic mass is 35.5. The molecule has 0 unspecified atom stereocenters. The first-order valence-corrected chi connectivity index (χ1v) is 8.68. The summed E-state index contributed by atoms with van der Waals surface area (Å²) in [5.41, 5.74) is 0.00881. The molecule has 0 bridgehead atoms. The molecule has 0 saturated heterocycles. The molecule has 2 aliphatic rings. The van der Waals surface area contributed by atoms with Crippen molar-refractivity contribution in [1.29, 1.82) is 0 Å². The third-order valence-corrected chi connectivity index (χ3v) is 5.12. The molecule has 2 aromatic heterocycles. The van der Waals surface area contributed by atoms with Crippen LogP contribution in [0.2, 0.25) is 5.02 Å². The molecular weight excluding hydrogens is 328 g/mol. The molecule has 1 N–H and O–H groups in total. The summed E-state index contributed by atoms with van der Waals surface area (Å²) in [6.07, 6.45) is 4.59. The van der Waals surface area contributed by atoms with Crippen LogP contribution in [-0.2, 0) is 6.54 Å². The minimum absolute atomic E-state index is 0.0274. The fourth-order valence-corrected chi connectivity index (χ4v) is 3.24. The Morgan fingerprint density at radius 3 is 2.79 bits per heavy atom. The smallest absolute Gasteiger partial charge is 0.266 e. The highest BCUT2D eigenvalue weighted by Crippen LogP contribution is 2.47. The zero-order valence-electron chi connectivity index (χ0n) is 13.4. The van der Waals surface area contributed by atoms with Gasteiger partial charge in [0.1, 0.15) is 16.5 Å². The predicted molar refractivity (Wildman–Crippen MR) is 90.2 cm³/mol. The molecule has 1 amide bonds. The van der Waals surface area contributed by atoms with Crippen molar-refractivity contribution < 1.29 is 9.21 Å². The third-order valence-electron chi connectivity index (χ3n) is 4.84. The number of H-pyrrole nitrogens is 1. The van der Waals surface area contributed by atoms with E-state index in [2.05, 4.69) is 11.9 Å². The van der Waals surface area contributed by atoms with Gasteiger partial charge in [0.05, 0.1) is 12.1 Å². The fraction of sp³-hybridized carbons (Fsp3) is 0.444. The summed E-state index contributed by atoms with van der Waals surface area (Å²) in [4.78, 5) is 28.5. The Balaban J connectivity index is 1.53. The molecule has 24 heavy (non-hydrogen) atoms. The maximum absolute atomic E-state index is 12.8. The summed E-state index contributed by atoms with van der Waals surface area (Å²) >= 11 is 5.84. The lowest BCUT2D eigenvalue weighted by molar-refractivity contribution is 0.0716. The Kier molecular flexibility index (Phi) is 3.76. The lowest BCUT2D eigenvalue weighted by Gasteiger charge is -2.21. The van der Waals surface area contributed by atoms with Gasteiger partial charge in [-0.1, -0.05) is 18.5 Å². The number of amides is 1. The third kappa shape index (κ3) is 3.00. The minimum atomic E-state index is -0.389. The number of aromatic amines is 1. The van der Waals surface area contributed by atoms with Crippen molar-refractivity contribution in [3.63, 3.8) is 0 Å². The van der Waals surface area contributed by atoms with Gasteiger partial charge in [-0.05, 0) is 43.4 Å². The lowest BCUT2D eigenvalue weighted by atomic mass is 10.2. The highest BCUT2D eigenvalue weighted by molar-refractivity contribution is 6.30. The average molecular weight is 347 g/mol. The molecule has 0 aliphatic heterocycles. The van der Waals surface area contributed by atoms with Crippen molar-refractivity contribution in [2.24, 2.45) is 5.92 Å². The van der Waals surface area contributed by atoms with Gasteiger partial charge in [0, 0.05) is 18.2 Å². The van der Waals surface area contributed by atoms with Gasteiger partial charge >= 0.3 is 0 Å². The van der Waals surface area contributed by atoms with Crippen molar-refractivity contribution in [3.8, 4) is 0 Å². The molecule has 126 valence electrons. The van der Waals surface area contributed by atoms with E-state index in [1.807, 2.05) is 17.0 Å². The zero-order valence-corrected chi connectivity index (χ0v) is 14.2. The van der Waals surface area contributed by atoms with Crippen LogP contribution in [0.3, 0.4) is 0 Å². The van der Waals surface area contributed by atoms with E-state index in [0.29, 0.717) is 23.9 Å². The van der Waals surface area contributed by atoms with E-state index in [-0.39, 0.29) is 22.5 Å². The number of furan rings is 1. The number of hydrogen-bond acceptors (Lipinski definition) is 3. The quantitative estimate of drug-likeness (QED) is 0.900. The highest BCUT2D eigenvalue weighted by Gasteiger charge is 2.37. The Hall–Kier alpha value is -2.01. The van der Waals surface area contributed by atoms with Crippen LogP contribution in [0.1, 0.15) is 54.0 Å². The molecule has 0 radical (unpaired) electrons. The second kappa shape index (κ2) is 5.81. The Labute approximate surface area is 144 Å². The minimum Gasteiger partial charge on any atom is -0.464 e. The summed E-state index contributed by atoms with van der Waals surface area (Å²) in [7, 11) is 0.